The summed E-state index contributed by atoms with van der Waals surface area (Å²) in [7, 11) is 1.57. The number of hydrogen-bond acceptors (Lipinski definition) is 8. The van der Waals surface area contributed by atoms with Crippen molar-refractivity contribution in [3.63, 3.8) is 0 Å². The van der Waals surface area contributed by atoms with Crippen LogP contribution in [0.5, 0.6) is 0 Å². The molecule has 9 nitrogen and oxygen atoms in total. The first-order valence-electron chi connectivity index (χ1n) is 7.48. The van der Waals surface area contributed by atoms with E-state index in [1.807, 2.05) is 0 Å². The van der Waals surface area contributed by atoms with E-state index in [0.29, 0.717) is 23.8 Å². The number of nitrogens with zero attached hydrogens (tertiary/aromatic N) is 3. The molecule has 1 heterocycles. The molecule has 0 spiro atoms. The molecular formula is C15H17Cl2N5O4. The Morgan fingerprint density at radius 2 is 1.96 bits per heavy atom. The number of halogens is 2. The second-order valence-electron chi connectivity index (χ2n) is 4.83. The van der Waals surface area contributed by atoms with Crippen LogP contribution in [0.25, 0.3) is 11.3 Å². The predicted octanol–water partition coefficient (Wildman–Crippen LogP) is 2.64. The quantitative estimate of drug-likeness (QED) is 0.647. The summed E-state index contributed by atoms with van der Waals surface area (Å²) < 4.78 is 15.0. The van der Waals surface area contributed by atoms with Crippen molar-refractivity contribution in [3.8, 4) is 11.3 Å². The molecule has 0 aliphatic heterocycles. The standard InChI is InChI=1S/C15H17Cl2N5O4/c1-24-5-6-25-7-8-26-15(23)20-13-12(21-22-14(18)19-13)9-3-2-4-10(16)11(9)17/h2-4H,5-8H2,1H3,(H3,18,19,20,22,23). The number of methoxy groups -OCH3 is 1. The van der Waals surface area contributed by atoms with Crippen LogP contribution in [0.3, 0.4) is 0 Å². The fourth-order valence-electron chi connectivity index (χ4n) is 1.86. The van der Waals surface area contributed by atoms with Crippen LogP contribution in [0.1, 0.15) is 0 Å². The summed E-state index contributed by atoms with van der Waals surface area (Å²) in [4.78, 5) is 15.9. The van der Waals surface area contributed by atoms with Gasteiger partial charge in [0.25, 0.3) is 0 Å². The lowest BCUT2D eigenvalue weighted by molar-refractivity contribution is 0.0447. The van der Waals surface area contributed by atoms with Crippen molar-refractivity contribution in [2.75, 3.05) is 44.6 Å². The van der Waals surface area contributed by atoms with Crippen molar-refractivity contribution in [2.24, 2.45) is 0 Å². The first kappa shape index (κ1) is 20.1. The second kappa shape index (κ2) is 10.1. The summed E-state index contributed by atoms with van der Waals surface area (Å²) in [5.41, 5.74) is 6.20. The average molecular weight is 402 g/mol. The lowest BCUT2D eigenvalue weighted by atomic mass is 10.1. The molecule has 0 atom stereocenters. The first-order chi connectivity index (χ1) is 12.5. The van der Waals surface area contributed by atoms with Crippen LogP contribution in [0.4, 0.5) is 16.6 Å². The summed E-state index contributed by atoms with van der Waals surface area (Å²) in [5, 5.41) is 10.7. The van der Waals surface area contributed by atoms with Gasteiger partial charge in [-0.1, -0.05) is 35.3 Å². The number of nitrogens with one attached hydrogen (secondary N) is 1. The number of amides is 1. The Labute approximate surface area is 159 Å². The van der Waals surface area contributed by atoms with Crippen LogP contribution < -0.4 is 11.1 Å². The minimum absolute atomic E-state index is 0.0481. The maximum absolute atomic E-state index is 11.9. The second-order valence-corrected chi connectivity index (χ2v) is 5.62. The van der Waals surface area contributed by atoms with Crippen LogP contribution in [-0.2, 0) is 14.2 Å². The van der Waals surface area contributed by atoms with E-state index >= 15 is 0 Å². The van der Waals surface area contributed by atoms with Crippen molar-refractivity contribution < 1.29 is 19.0 Å². The fourth-order valence-corrected chi connectivity index (χ4v) is 2.25. The SMILES string of the molecule is COCCOCCOC(=O)Nc1nc(N)nnc1-c1cccc(Cl)c1Cl. The lowest BCUT2D eigenvalue weighted by Gasteiger charge is -2.11. The number of nitrogen functional groups attached to an aromatic ring is 1. The lowest BCUT2D eigenvalue weighted by Crippen LogP contribution is -2.19. The van der Waals surface area contributed by atoms with Gasteiger partial charge in [-0.15, -0.1) is 10.2 Å². The topological polar surface area (TPSA) is 121 Å². The maximum atomic E-state index is 11.9. The van der Waals surface area contributed by atoms with Crippen LogP contribution in [0.2, 0.25) is 10.0 Å². The van der Waals surface area contributed by atoms with E-state index in [-0.39, 0.29) is 35.7 Å². The molecule has 0 bridgehead atoms. The fraction of sp³-hybridized carbons (Fsp3) is 0.333. The molecule has 0 radical (unpaired) electrons. The molecule has 0 unspecified atom stereocenters. The van der Waals surface area contributed by atoms with Gasteiger partial charge in [-0.3, -0.25) is 5.32 Å². The highest BCUT2D eigenvalue weighted by atomic mass is 35.5. The Hall–Kier alpha value is -2.20. The molecule has 11 heteroatoms. The Kier molecular flexibility index (Phi) is 7.79. The molecule has 0 aliphatic rings. The van der Waals surface area contributed by atoms with Gasteiger partial charge in [-0.25, -0.2) is 4.79 Å². The van der Waals surface area contributed by atoms with Gasteiger partial charge in [-0.05, 0) is 6.07 Å². The van der Waals surface area contributed by atoms with Crippen molar-refractivity contribution in [1.29, 1.82) is 0 Å². The van der Waals surface area contributed by atoms with Crippen LogP contribution in [0, 0.1) is 0 Å². The van der Waals surface area contributed by atoms with E-state index < -0.39 is 6.09 Å². The number of benzene rings is 1. The number of aromatic nitrogens is 3. The number of nitrogens with two attached hydrogens (primary N) is 1. The molecule has 3 N–H and O–H groups in total. The molecule has 1 amide bonds. The van der Waals surface area contributed by atoms with E-state index in [0.717, 1.165) is 0 Å². The van der Waals surface area contributed by atoms with Gasteiger partial charge < -0.3 is 19.9 Å². The molecule has 0 saturated heterocycles. The Balaban J connectivity index is 2.06. The van der Waals surface area contributed by atoms with Gasteiger partial charge in [0.05, 0.1) is 29.9 Å². The molecule has 1 aromatic heterocycles. The number of anilines is 2. The highest BCUT2D eigenvalue weighted by molar-refractivity contribution is 6.43. The third-order valence-corrected chi connectivity index (χ3v) is 3.84. The van der Waals surface area contributed by atoms with Gasteiger partial charge >= 0.3 is 6.09 Å². The largest absolute Gasteiger partial charge is 0.447 e. The van der Waals surface area contributed by atoms with Crippen molar-refractivity contribution >= 4 is 41.1 Å². The monoisotopic (exact) mass is 401 g/mol. The number of carbonyl (C=O) groups excluding carboxylic acids is 1. The summed E-state index contributed by atoms with van der Waals surface area (Å²) in [6.45, 7) is 1.15. The minimum Gasteiger partial charge on any atom is -0.447 e. The molecule has 1 aromatic carbocycles. The zero-order chi connectivity index (χ0) is 18.9. The van der Waals surface area contributed by atoms with Gasteiger partial charge in [0.1, 0.15) is 12.3 Å². The van der Waals surface area contributed by atoms with Crippen LogP contribution in [-0.4, -0.2) is 54.8 Å². The van der Waals surface area contributed by atoms with Crippen molar-refractivity contribution in [2.45, 2.75) is 0 Å². The van der Waals surface area contributed by atoms with Gasteiger partial charge in [0.2, 0.25) is 5.95 Å². The number of hydrogen-bond donors (Lipinski definition) is 2. The normalized spacial score (nSPS) is 10.6. The molecule has 0 aliphatic carbocycles. The molecule has 2 aromatic rings. The van der Waals surface area contributed by atoms with Gasteiger partial charge in [-0.2, -0.15) is 4.98 Å². The summed E-state index contributed by atoms with van der Waals surface area (Å²) in [6.07, 6.45) is -0.750. The number of carbonyl (C=O) groups is 1. The molecule has 2 rings (SSSR count). The van der Waals surface area contributed by atoms with Crippen LogP contribution in [0.15, 0.2) is 18.2 Å². The Morgan fingerprint density at radius 3 is 2.73 bits per heavy atom. The highest BCUT2D eigenvalue weighted by Crippen LogP contribution is 2.35. The van der Waals surface area contributed by atoms with Gasteiger partial charge in [0, 0.05) is 12.7 Å². The van der Waals surface area contributed by atoms with Gasteiger partial charge in [0.15, 0.2) is 5.82 Å². The van der Waals surface area contributed by atoms with E-state index in [9.17, 15) is 4.79 Å². The summed E-state index contributed by atoms with van der Waals surface area (Å²) in [5.74, 6) is -0.0722. The predicted molar refractivity (Wildman–Crippen MR) is 97.4 cm³/mol. The smallest absolute Gasteiger partial charge is 0.412 e. The highest BCUT2D eigenvalue weighted by Gasteiger charge is 2.17. The summed E-state index contributed by atoms with van der Waals surface area (Å²) in [6, 6.07) is 4.97. The van der Waals surface area contributed by atoms with Crippen LogP contribution >= 0.6 is 23.2 Å². The van der Waals surface area contributed by atoms with E-state index in [1.165, 1.54) is 0 Å². The first-order valence-corrected chi connectivity index (χ1v) is 8.23. The minimum atomic E-state index is -0.750. The molecule has 0 saturated carbocycles. The Morgan fingerprint density at radius 1 is 1.19 bits per heavy atom. The molecule has 26 heavy (non-hydrogen) atoms. The van der Waals surface area contributed by atoms with E-state index in [2.05, 4.69) is 20.5 Å². The van der Waals surface area contributed by atoms with E-state index in [4.69, 9.17) is 43.1 Å². The summed E-state index contributed by atoms with van der Waals surface area (Å²) >= 11 is 12.2. The number of ether oxygens (including phenoxy) is 3. The zero-order valence-corrected chi connectivity index (χ0v) is 15.4. The van der Waals surface area contributed by atoms with Crippen molar-refractivity contribution in [3.05, 3.63) is 28.2 Å². The molecule has 140 valence electrons. The zero-order valence-electron chi connectivity index (χ0n) is 13.9. The van der Waals surface area contributed by atoms with E-state index in [1.54, 1.807) is 25.3 Å². The number of rotatable bonds is 8. The third kappa shape index (κ3) is 5.67. The maximum Gasteiger partial charge on any atom is 0.412 e. The molecule has 0 fully saturated rings. The van der Waals surface area contributed by atoms with Crippen molar-refractivity contribution in [1.82, 2.24) is 15.2 Å². The third-order valence-electron chi connectivity index (χ3n) is 3.02. The Bertz CT molecular complexity index is 763. The average Bonchev–Trinajstić information content (AvgIpc) is 2.61. The molecular weight excluding hydrogens is 385 g/mol.